The summed E-state index contributed by atoms with van der Waals surface area (Å²) in [4.78, 5) is 0. The number of hydrogen-bond donors (Lipinski definition) is 2. The van der Waals surface area contributed by atoms with Crippen LogP contribution >= 0.6 is 0 Å². The lowest BCUT2D eigenvalue weighted by Crippen LogP contribution is -2.02. The summed E-state index contributed by atoms with van der Waals surface area (Å²) in [5.74, 6) is 0.136. The third-order valence-corrected chi connectivity index (χ3v) is 2.69. The van der Waals surface area contributed by atoms with Gasteiger partial charge in [0.1, 0.15) is 11.9 Å². The van der Waals surface area contributed by atoms with Crippen molar-refractivity contribution in [2.75, 3.05) is 0 Å². The van der Waals surface area contributed by atoms with Crippen molar-refractivity contribution in [3.8, 4) is 5.75 Å². The van der Waals surface area contributed by atoms with Gasteiger partial charge in [-0.2, -0.15) is 0 Å². The number of hydrogen-bond acceptors (Lipinski definition) is 2. The molecular weight excluding hydrogens is 200 g/mol. The van der Waals surface area contributed by atoms with Crippen LogP contribution in [0, 0.1) is 6.92 Å². The number of aliphatic hydroxyl groups excluding tert-OH is 1. The third kappa shape index (κ3) is 1.92. The molecule has 0 aliphatic rings. The Hall–Kier alpha value is -1.80. The Morgan fingerprint density at radius 2 is 1.62 bits per heavy atom. The molecule has 0 aliphatic heterocycles. The first kappa shape index (κ1) is 10.7. The van der Waals surface area contributed by atoms with Crippen molar-refractivity contribution in [3.63, 3.8) is 0 Å². The van der Waals surface area contributed by atoms with Gasteiger partial charge < -0.3 is 10.2 Å². The number of phenolic OH excluding ortho intramolecular Hbond substituents is 1. The second kappa shape index (κ2) is 4.37. The van der Waals surface area contributed by atoms with E-state index in [2.05, 4.69) is 0 Å². The quantitative estimate of drug-likeness (QED) is 0.807. The monoisotopic (exact) mass is 214 g/mol. The first-order valence-electron chi connectivity index (χ1n) is 5.21. The predicted molar refractivity (Wildman–Crippen MR) is 63.3 cm³/mol. The van der Waals surface area contributed by atoms with Gasteiger partial charge in [0.15, 0.2) is 0 Å². The molecule has 0 heterocycles. The highest BCUT2D eigenvalue weighted by Gasteiger charge is 2.16. The van der Waals surface area contributed by atoms with E-state index in [1.807, 2.05) is 43.3 Å². The van der Waals surface area contributed by atoms with E-state index in [0.29, 0.717) is 5.56 Å². The first-order chi connectivity index (χ1) is 7.70. The molecule has 2 aromatic rings. The van der Waals surface area contributed by atoms with Gasteiger partial charge in [0, 0.05) is 5.56 Å². The zero-order chi connectivity index (χ0) is 11.5. The summed E-state index contributed by atoms with van der Waals surface area (Å²) in [5.41, 5.74) is 2.25. The van der Waals surface area contributed by atoms with E-state index < -0.39 is 6.10 Å². The highest BCUT2D eigenvalue weighted by atomic mass is 16.3. The van der Waals surface area contributed by atoms with Crippen molar-refractivity contribution >= 4 is 0 Å². The molecular formula is C14H14O2. The molecule has 0 saturated heterocycles. The van der Waals surface area contributed by atoms with Crippen LogP contribution in [0.2, 0.25) is 0 Å². The molecule has 0 bridgehead atoms. The first-order valence-corrected chi connectivity index (χ1v) is 5.21. The molecule has 2 nitrogen and oxygen atoms in total. The van der Waals surface area contributed by atoms with E-state index in [1.54, 1.807) is 12.1 Å². The van der Waals surface area contributed by atoms with Gasteiger partial charge in [0.25, 0.3) is 0 Å². The number of benzene rings is 2. The zero-order valence-corrected chi connectivity index (χ0v) is 9.09. The minimum atomic E-state index is -0.776. The summed E-state index contributed by atoms with van der Waals surface area (Å²) < 4.78 is 0. The van der Waals surface area contributed by atoms with Crippen LogP contribution < -0.4 is 0 Å². The van der Waals surface area contributed by atoms with Crippen LogP contribution in [-0.4, -0.2) is 10.2 Å². The molecule has 1 atom stereocenters. The van der Waals surface area contributed by atoms with Gasteiger partial charge in [-0.25, -0.2) is 0 Å². The topological polar surface area (TPSA) is 40.5 Å². The number of aliphatic hydroxyl groups is 1. The maximum Gasteiger partial charge on any atom is 0.121 e. The van der Waals surface area contributed by atoms with Crippen LogP contribution in [0.1, 0.15) is 22.8 Å². The average molecular weight is 214 g/mol. The summed E-state index contributed by atoms with van der Waals surface area (Å²) in [6.45, 7) is 1.88. The van der Waals surface area contributed by atoms with E-state index in [0.717, 1.165) is 11.1 Å². The van der Waals surface area contributed by atoms with Gasteiger partial charge in [0.05, 0.1) is 0 Å². The largest absolute Gasteiger partial charge is 0.508 e. The summed E-state index contributed by atoms with van der Waals surface area (Å²) in [5, 5.41) is 20.0. The third-order valence-electron chi connectivity index (χ3n) is 2.69. The molecule has 82 valence electrons. The second-order valence-electron chi connectivity index (χ2n) is 3.82. The fourth-order valence-corrected chi connectivity index (χ4v) is 1.82. The van der Waals surface area contributed by atoms with Crippen LogP contribution in [0.3, 0.4) is 0 Å². The predicted octanol–water partition coefficient (Wildman–Crippen LogP) is 2.78. The van der Waals surface area contributed by atoms with E-state index in [4.69, 9.17) is 0 Å². The molecule has 0 fully saturated rings. The van der Waals surface area contributed by atoms with Gasteiger partial charge in [-0.1, -0.05) is 42.5 Å². The van der Waals surface area contributed by atoms with E-state index in [-0.39, 0.29) is 5.75 Å². The standard InChI is InChI=1S/C14H14O2/c1-10-6-5-9-12(15)13(10)14(16)11-7-3-2-4-8-11/h2-9,14-16H,1H3. The molecule has 2 aromatic carbocycles. The van der Waals surface area contributed by atoms with Crippen molar-refractivity contribution in [1.82, 2.24) is 0 Å². The van der Waals surface area contributed by atoms with Crippen molar-refractivity contribution in [2.45, 2.75) is 13.0 Å². The highest BCUT2D eigenvalue weighted by Crippen LogP contribution is 2.31. The van der Waals surface area contributed by atoms with Crippen molar-refractivity contribution in [1.29, 1.82) is 0 Å². The Kier molecular flexibility index (Phi) is 2.93. The molecule has 0 radical (unpaired) electrons. The van der Waals surface area contributed by atoms with Crippen LogP contribution in [0.4, 0.5) is 0 Å². The molecule has 2 heteroatoms. The highest BCUT2D eigenvalue weighted by molar-refractivity contribution is 5.44. The van der Waals surface area contributed by atoms with Crippen LogP contribution in [0.15, 0.2) is 48.5 Å². The lowest BCUT2D eigenvalue weighted by atomic mass is 9.97. The molecule has 1 unspecified atom stereocenters. The Morgan fingerprint density at radius 1 is 0.938 bits per heavy atom. The number of phenols is 1. The summed E-state index contributed by atoms with van der Waals surface area (Å²) in [7, 11) is 0. The Morgan fingerprint density at radius 3 is 2.25 bits per heavy atom. The molecule has 0 spiro atoms. The van der Waals surface area contributed by atoms with Crippen molar-refractivity contribution < 1.29 is 10.2 Å². The van der Waals surface area contributed by atoms with Crippen LogP contribution in [0.25, 0.3) is 0 Å². The lowest BCUT2D eigenvalue weighted by molar-refractivity contribution is 0.214. The maximum atomic E-state index is 10.2. The molecule has 2 N–H and O–H groups in total. The lowest BCUT2D eigenvalue weighted by Gasteiger charge is -2.15. The van der Waals surface area contributed by atoms with E-state index in [1.165, 1.54) is 0 Å². The van der Waals surface area contributed by atoms with Crippen molar-refractivity contribution in [3.05, 3.63) is 65.2 Å². The fourth-order valence-electron chi connectivity index (χ4n) is 1.82. The Bertz CT molecular complexity index is 457. The normalized spacial score (nSPS) is 12.4. The summed E-state index contributed by atoms with van der Waals surface area (Å²) >= 11 is 0. The minimum Gasteiger partial charge on any atom is -0.508 e. The SMILES string of the molecule is Cc1cccc(O)c1C(O)c1ccccc1. The van der Waals surface area contributed by atoms with Crippen molar-refractivity contribution in [2.24, 2.45) is 0 Å². The van der Waals surface area contributed by atoms with Gasteiger partial charge in [-0.3, -0.25) is 0 Å². The molecule has 16 heavy (non-hydrogen) atoms. The fraction of sp³-hybridized carbons (Fsp3) is 0.143. The van der Waals surface area contributed by atoms with Crippen LogP contribution in [0.5, 0.6) is 5.75 Å². The van der Waals surface area contributed by atoms with E-state index in [9.17, 15) is 10.2 Å². The minimum absolute atomic E-state index is 0.136. The van der Waals surface area contributed by atoms with Gasteiger partial charge in [-0.15, -0.1) is 0 Å². The second-order valence-corrected chi connectivity index (χ2v) is 3.82. The maximum absolute atomic E-state index is 10.2. The molecule has 0 aromatic heterocycles. The Balaban J connectivity index is 2.46. The number of aryl methyl sites for hydroxylation is 1. The number of aromatic hydroxyl groups is 1. The van der Waals surface area contributed by atoms with E-state index >= 15 is 0 Å². The number of rotatable bonds is 2. The van der Waals surface area contributed by atoms with Gasteiger partial charge in [0.2, 0.25) is 0 Å². The molecule has 0 amide bonds. The molecule has 0 aliphatic carbocycles. The summed E-state index contributed by atoms with van der Waals surface area (Å²) in [6, 6.07) is 14.6. The molecule has 2 rings (SSSR count). The average Bonchev–Trinajstić information content (AvgIpc) is 2.30. The summed E-state index contributed by atoms with van der Waals surface area (Å²) in [6.07, 6.45) is -0.776. The zero-order valence-electron chi connectivity index (χ0n) is 9.09. The van der Waals surface area contributed by atoms with Gasteiger partial charge >= 0.3 is 0 Å². The van der Waals surface area contributed by atoms with Crippen LogP contribution in [-0.2, 0) is 0 Å². The van der Waals surface area contributed by atoms with Gasteiger partial charge in [-0.05, 0) is 24.1 Å². The Labute approximate surface area is 94.8 Å². The molecule has 0 saturated carbocycles. The smallest absolute Gasteiger partial charge is 0.121 e.